The predicted molar refractivity (Wildman–Crippen MR) is 76.5 cm³/mol. The first-order valence-electron chi connectivity index (χ1n) is 5.72. The number of nitrogens with zero attached hydrogens (tertiary/aromatic N) is 5. The zero-order valence-corrected chi connectivity index (χ0v) is 12.0. The summed E-state index contributed by atoms with van der Waals surface area (Å²) in [5.74, 6) is 0. The van der Waals surface area contributed by atoms with Crippen LogP contribution >= 0.6 is 15.9 Å². The van der Waals surface area contributed by atoms with Crippen molar-refractivity contribution in [2.75, 3.05) is 0 Å². The van der Waals surface area contributed by atoms with Gasteiger partial charge in [-0.1, -0.05) is 0 Å². The Kier molecular flexibility index (Phi) is 2.88. The van der Waals surface area contributed by atoms with Crippen molar-refractivity contribution in [1.29, 1.82) is 5.26 Å². The van der Waals surface area contributed by atoms with Crippen LogP contribution in [0.1, 0.15) is 5.56 Å². The minimum atomic E-state index is -0.257. The summed E-state index contributed by atoms with van der Waals surface area (Å²) < 4.78 is 3.49. The molecule has 1 aromatic carbocycles. The summed E-state index contributed by atoms with van der Waals surface area (Å²) in [5.41, 5.74) is 1.73. The predicted octanol–water partition coefficient (Wildman–Crippen LogP) is 1.75. The van der Waals surface area contributed by atoms with Gasteiger partial charge in [-0.3, -0.25) is 9.36 Å². The van der Waals surface area contributed by atoms with Crippen LogP contribution in [0, 0.1) is 11.3 Å². The van der Waals surface area contributed by atoms with Crippen LogP contribution in [0.2, 0.25) is 0 Å². The first-order chi connectivity index (χ1) is 9.61. The quantitative estimate of drug-likeness (QED) is 0.637. The minimum Gasteiger partial charge on any atom is -0.318 e. The van der Waals surface area contributed by atoms with Gasteiger partial charge in [0.1, 0.15) is 0 Å². The molecular formula is C13H8BrN5O. The van der Waals surface area contributed by atoms with Crippen LogP contribution < -0.4 is 5.56 Å². The summed E-state index contributed by atoms with van der Waals surface area (Å²) in [7, 11) is 1.78. The molecule has 0 fully saturated rings. The smallest absolute Gasteiger partial charge is 0.286 e. The number of fused-ring (bicyclic) bond motifs is 1. The molecule has 98 valence electrons. The molecule has 0 aliphatic rings. The maximum atomic E-state index is 12.5. The average molecular weight is 330 g/mol. The molecule has 0 amide bonds. The maximum Gasteiger partial charge on any atom is 0.286 e. The highest BCUT2D eigenvalue weighted by molar-refractivity contribution is 9.10. The SMILES string of the molecule is Cn1cnc2c(=O)n(-c3ccc(C#N)cc3)c(Br)nc21. The number of nitriles is 1. The second-order valence-electron chi connectivity index (χ2n) is 4.21. The topological polar surface area (TPSA) is 76.5 Å². The summed E-state index contributed by atoms with van der Waals surface area (Å²) in [6.45, 7) is 0. The number of rotatable bonds is 1. The fourth-order valence-corrected chi connectivity index (χ4v) is 2.48. The molecule has 2 aromatic heterocycles. The van der Waals surface area contributed by atoms with Crippen molar-refractivity contribution in [2.24, 2.45) is 7.05 Å². The Bertz CT molecular complexity index is 901. The third-order valence-corrected chi connectivity index (χ3v) is 3.48. The largest absolute Gasteiger partial charge is 0.318 e. The van der Waals surface area contributed by atoms with E-state index in [1.807, 2.05) is 6.07 Å². The van der Waals surface area contributed by atoms with E-state index in [0.717, 1.165) is 0 Å². The summed E-state index contributed by atoms with van der Waals surface area (Å²) in [6.07, 6.45) is 1.55. The second-order valence-corrected chi connectivity index (χ2v) is 4.92. The fourth-order valence-electron chi connectivity index (χ4n) is 1.94. The van der Waals surface area contributed by atoms with Crippen LogP contribution in [0.15, 0.2) is 40.1 Å². The lowest BCUT2D eigenvalue weighted by molar-refractivity contribution is 0.887. The van der Waals surface area contributed by atoms with E-state index in [-0.39, 0.29) is 5.56 Å². The Morgan fingerprint density at radius 2 is 2.00 bits per heavy atom. The molecule has 7 heteroatoms. The van der Waals surface area contributed by atoms with E-state index in [9.17, 15) is 4.79 Å². The molecule has 0 atom stereocenters. The van der Waals surface area contributed by atoms with E-state index < -0.39 is 0 Å². The maximum absolute atomic E-state index is 12.5. The normalized spacial score (nSPS) is 10.7. The first-order valence-corrected chi connectivity index (χ1v) is 6.51. The Balaban J connectivity index is 2.30. The van der Waals surface area contributed by atoms with Crippen LogP contribution in [0.4, 0.5) is 0 Å². The van der Waals surface area contributed by atoms with Crippen molar-refractivity contribution in [2.45, 2.75) is 0 Å². The van der Waals surface area contributed by atoms with Gasteiger partial charge in [0.2, 0.25) is 0 Å². The van der Waals surface area contributed by atoms with Crippen LogP contribution in [0.3, 0.4) is 0 Å². The molecule has 3 aromatic rings. The van der Waals surface area contributed by atoms with Crippen molar-refractivity contribution in [3.05, 3.63) is 51.2 Å². The summed E-state index contributed by atoms with van der Waals surface area (Å²) >= 11 is 3.31. The fraction of sp³-hybridized carbons (Fsp3) is 0.0769. The minimum absolute atomic E-state index is 0.257. The van der Waals surface area contributed by atoms with Gasteiger partial charge >= 0.3 is 0 Å². The molecular weight excluding hydrogens is 322 g/mol. The number of hydrogen-bond donors (Lipinski definition) is 0. The molecule has 0 radical (unpaired) electrons. The Labute approximate surface area is 122 Å². The number of aryl methyl sites for hydroxylation is 1. The molecule has 3 rings (SSSR count). The summed E-state index contributed by atoms with van der Waals surface area (Å²) in [6, 6.07) is 8.73. The van der Waals surface area contributed by atoms with Crippen LogP contribution in [0.25, 0.3) is 16.9 Å². The van der Waals surface area contributed by atoms with Crippen LogP contribution in [-0.4, -0.2) is 19.1 Å². The van der Waals surface area contributed by atoms with E-state index >= 15 is 0 Å². The van der Waals surface area contributed by atoms with Crippen LogP contribution in [0.5, 0.6) is 0 Å². The number of benzene rings is 1. The third-order valence-electron chi connectivity index (χ3n) is 2.95. The third kappa shape index (κ3) is 1.82. The zero-order valence-electron chi connectivity index (χ0n) is 10.4. The van der Waals surface area contributed by atoms with E-state index in [1.165, 1.54) is 4.57 Å². The molecule has 20 heavy (non-hydrogen) atoms. The van der Waals surface area contributed by atoms with Gasteiger partial charge in [-0.15, -0.1) is 0 Å². The van der Waals surface area contributed by atoms with Crippen LogP contribution in [-0.2, 0) is 7.05 Å². The van der Waals surface area contributed by atoms with Gasteiger partial charge in [-0.25, -0.2) is 9.97 Å². The van der Waals surface area contributed by atoms with E-state index in [1.54, 1.807) is 42.2 Å². The molecule has 0 saturated heterocycles. The van der Waals surface area contributed by atoms with Crippen molar-refractivity contribution in [3.8, 4) is 11.8 Å². The summed E-state index contributed by atoms with van der Waals surface area (Å²) in [4.78, 5) is 20.9. The highest BCUT2D eigenvalue weighted by Gasteiger charge is 2.14. The van der Waals surface area contributed by atoms with Crippen molar-refractivity contribution < 1.29 is 0 Å². The highest BCUT2D eigenvalue weighted by atomic mass is 79.9. The second kappa shape index (κ2) is 4.58. The summed E-state index contributed by atoms with van der Waals surface area (Å²) in [5, 5.41) is 8.80. The molecule has 0 aliphatic heterocycles. The first kappa shape index (κ1) is 12.6. The van der Waals surface area contributed by atoms with Crippen molar-refractivity contribution in [3.63, 3.8) is 0 Å². The standard InChI is InChI=1S/C13H8BrN5O/c1-18-7-16-10-11(18)17-13(14)19(12(10)20)9-4-2-8(6-15)3-5-9/h2-5,7H,1H3. The van der Waals surface area contributed by atoms with Gasteiger partial charge in [0.25, 0.3) is 5.56 Å². The lowest BCUT2D eigenvalue weighted by Gasteiger charge is -2.08. The van der Waals surface area contributed by atoms with Gasteiger partial charge in [-0.05, 0) is 40.2 Å². The Morgan fingerprint density at radius 1 is 1.30 bits per heavy atom. The molecule has 0 spiro atoms. The van der Waals surface area contributed by atoms with Crippen molar-refractivity contribution in [1.82, 2.24) is 19.1 Å². The number of halogens is 1. The van der Waals surface area contributed by atoms with E-state index in [0.29, 0.717) is 27.1 Å². The Morgan fingerprint density at radius 3 is 2.65 bits per heavy atom. The molecule has 0 N–H and O–H groups in total. The molecule has 0 aliphatic carbocycles. The number of imidazole rings is 1. The van der Waals surface area contributed by atoms with Crippen molar-refractivity contribution >= 4 is 27.1 Å². The zero-order chi connectivity index (χ0) is 14.3. The Hall–Kier alpha value is -2.46. The lowest BCUT2D eigenvalue weighted by Crippen LogP contribution is -2.21. The number of aromatic nitrogens is 4. The molecule has 0 unspecified atom stereocenters. The van der Waals surface area contributed by atoms with Gasteiger partial charge in [0, 0.05) is 7.05 Å². The average Bonchev–Trinajstić information content (AvgIpc) is 2.81. The molecule has 6 nitrogen and oxygen atoms in total. The van der Waals surface area contributed by atoms with Gasteiger partial charge in [-0.2, -0.15) is 5.26 Å². The molecule has 2 heterocycles. The lowest BCUT2D eigenvalue weighted by atomic mass is 10.2. The molecule has 0 saturated carbocycles. The number of hydrogen-bond acceptors (Lipinski definition) is 4. The molecule has 0 bridgehead atoms. The van der Waals surface area contributed by atoms with Gasteiger partial charge in [0.05, 0.1) is 23.6 Å². The van der Waals surface area contributed by atoms with E-state index in [4.69, 9.17) is 5.26 Å². The van der Waals surface area contributed by atoms with Gasteiger partial charge in [0.15, 0.2) is 15.9 Å². The van der Waals surface area contributed by atoms with Gasteiger partial charge < -0.3 is 4.57 Å². The monoisotopic (exact) mass is 329 g/mol. The highest BCUT2D eigenvalue weighted by Crippen LogP contribution is 2.16. The van der Waals surface area contributed by atoms with E-state index in [2.05, 4.69) is 25.9 Å².